The predicted octanol–water partition coefficient (Wildman–Crippen LogP) is 4.46. The van der Waals surface area contributed by atoms with Gasteiger partial charge in [0, 0.05) is 62.9 Å². The summed E-state index contributed by atoms with van der Waals surface area (Å²) < 4.78 is 5.71. The molecule has 0 bridgehead atoms. The molecule has 0 N–H and O–H groups in total. The Morgan fingerprint density at radius 3 is 2.55 bits per heavy atom. The predicted molar refractivity (Wildman–Crippen MR) is 145 cm³/mol. The third-order valence-electron chi connectivity index (χ3n) is 8.12. The smallest absolute Gasteiger partial charge is 0.225 e. The minimum atomic E-state index is -0.00812. The maximum absolute atomic E-state index is 13.6. The van der Waals surface area contributed by atoms with Crippen molar-refractivity contribution in [2.45, 2.75) is 44.1 Å². The van der Waals surface area contributed by atoms with Gasteiger partial charge in [-0.25, -0.2) is 4.98 Å². The highest BCUT2D eigenvalue weighted by molar-refractivity contribution is 6.30. The quantitative estimate of drug-likeness (QED) is 0.251. The van der Waals surface area contributed by atoms with Crippen molar-refractivity contribution in [2.24, 2.45) is 11.8 Å². The van der Waals surface area contributed by atoms with Gasteiger partial charge in [-0.1, -0.05) is 36.6 Å². The third-order valence-corrected chi connectivity index (χ3v) is 8.37. The maximum atomic E-state index is 13.6. The monoisotopic (exact) mass is 537 g/mol. The molecule has 0 spiro atoms. The normalized spacial score (nSPS) is 22.2. The summed E-state index contributed by atoms with van der Waals surface area (Å²) in [6, 6.07) is 13.7. The summed E-state index contributed by atoms with van der Waals surface area (Å²) in [7, 11) is 1.94. The lowest BCUT2D eigenvalue weighted by Gasteiger charge is -2.34. The number of benzene rings is 1. The van der Waals surface area contributed by atoms with Crippen LogP contribution >= 0.6 is 11.6 Å². The fourth-order valence-corrected chi connectivity index (χ4v) is 5.68. The van der Waals surface area contributed by atoms with E-state index in [-0.39, 0.29) is 30.6 Å². The number of likely N-dealkylation sites (N-methyl/N-ethyl adjacent to an activating group) is 1. The van der Waals surface area contributed by atoms with Crippen LogP contribution in [0, 0.1) is 23.2 Å². The molecule has 0 radical (unpaired) electrons. The Labute approximate surface area is 230 Å². The number of hydrogen-bond acceptors (Lipinski definition) is 7. The molecule has 9 heteroatoms. The van der Waals surface area contributed by atoms with Crippen LogP contribution in [-0.4, -0.2) is 73.5 Å². The van der Waals surface area contributed by atoms with E-state index < -0.39 is 0 Å². The van der Waals surface area contributed by atoms with Gasteiger partial charge in [0.1, 0.15) is 11.9 Å². The van der Waals surface area contributed by atoms with E-state index in [1.165, 1.54) is 12.8 Å². The fraction of sp³-hybridized carbons (Fsp3) is 0.552. The Morgan fingerprint density at radius 2 is 1.89 bits per heavy atom. The molecule has 3 aliphatic rings. The maximum Gasteiger partial charge on any atom is 0.225 e. The first-order valence-electron chi connectivity index (χ1n) is 13.6. The summed E-state index contributed by atoms with van der Waals surface area (Å²) in [5.74, 6) is 2.02. The standard InChI is InChI=1S/C29H36ClN5O3/c1-33(38-20-37-15-12-21-2-3-21)27-19-35(18-26(27)23-5-7-25(30)8-6-23)29(36)24-10-13-34(14-11-24)28-9-4-22(16-31)17-32-28/h4-9,17,21,24,26-27H,2-3,10-15,18-20H2,1H3/t26-,27+/m0/s1. The molecule has 1 aromatic carbocycles. The molecular formula is C29H36ClN5O3. The van der Waals surface area contributed by atoms with Crippen molar-refractivity contribution in [3.8, 4) is 6.07 Å². The van der Waals surface area contributed by atoms with E-state index in [0.29, 0.717) is 23.7 Å². The molecule has 202 valence electrons. The van der Waals surface area contributed by atoms with Gasteiger partial charge in [-0.3, -0.25) is 9.63 Å². The van der Waals surface area contributed by atoms with Gasteiger partial charge >= 0.3 is 0 Å². The molecule has 1 amide bonds. The second kappa shape index (κ2) is 12.4. The molecule has 3 fully saturated rings. The highest BCUT2D eigenvalue weighted by atomic mass is 35.5. The van der Waals surface area contributed by atoms with E-state index in [1.54, 1.807) is 12.3 Å². The van der Waals surface area contributed by atoms with Crippen LogP contribution in [0.4, 0.5) is 5.82 Å². The van der Waals surface area contributed by atoms with E-state index in [1.807, 2.05) is 35.2 Å². The van der Waals surface area contributed by atoms with Crippen LogP contribution in [0.3, 0.4) is 0 Å². The van der Waals surface area contributed by atoms with E-state index in [9.17, 15) is 4.79 Å². The minimum Gasteiger partial charge on any atom is -0.357 e. The first kappa shape index (κ1) is 26.9. The molecule has 2 aliphatic heterocycles. The van der Waals surface area contributed by atoms with Crippen molar-refractivity contribution in [3.05, 3.63) is 58.7 Å². The number of nitriles is 1. The first-order chi connectivity index (χ1) is 18.5. The van der Waals surface area contributed by atoms with Gasteiger partial charge in [-0.2, -0.15) is 10.3 Å². The lowest BCUT2D eigenvalue weighted by molar-refractivity contribution is -0.230. The molecule has 0 unspecified atom stereocenters. The summed E-state index contributed by atoms with van der Waals surface area (Å²) in [5.41, 5.74) is 1.71. The van der Waals surface area contributed by atoms with Crippen LogP contribution in [0.1, 0.15) is 49.1 Å². The number of hydrogen-bond donors (Lipinski definition) is 0. The van der Waals surface area contributed by atoms with Crippen molar-refractivity contribution in [1.82, 2.24) is 14.9 Å². The molecule has 2 aromatic rings. The number of halogens is 1. The lowest BCUT2D eigenvalue weighted by atomic mass is 9.94. The van der Waals surface area contributed by atoms with Gasteiger partial charge < -0.3 is 14.5 Å². The van der Waals surface area contributed by atoms with Crippen molar-refractivity contribution in [2.75, 3.05) is 51.5 Å². The van der Waals surface area contributed by atoms with Crippen molar-refractivity contribution >= 4 is 23.3 Å². The average Bonchev–Trinajstić information content (AvgIpc) is 3.68. The SMILES string of the molecule is CN(OCOCCC1CC1)[C@@H]1CN(C(=O)C2CCN(c3ccc(C#N)cn3)CC2)C[C@H]1c1ccc(Cl)cc1. The number of pyridine rings is 1. The van der Waals surface area contributed by atoms with E-state index in [2.05, 4.69) is 28.1 Å². The molecule has 2 saturated heterocycles. The number of nitrogens with zero attached hydrogens (tertiary/aromatic N) is 5. The average molecular weight is 538 g/mol. The van der Waals surface area contributed by atoms with Crippen LogP contribution in [0.15, 0.2) is 42.6 Å². The van der Waals surface area contributed by atoms with Crippen LogP contribution in [0.25, 0.3) is 0 Å². The topological polar surface area (TPSA) is 81.9 Å². The number of amides is 1. The lowest BCUT2D eigenvalue weighted by Crippen LogP contribution is -2.43. The Morgan fingerprint density at radius 1 is 1.13 bits per heavy atom. The second-order valence-corrected chi connectivity index (χ2v) is 11.1. The van der Waals surface area contributed by atoms with Crippen LogP contribution in [0.2, 0.25) is 5.02 Å². The molecular weight excluding hydrogens is 502 g/mol. The number of carbonyl (C=O) groups excluding carboxylic acids is 1. The van der Waals surface area contributed by atoms with Crippen LogP contribution in [0.5, 0.6) is 0 Å². The van der Waals surface area contributed by atoms with Gasteiger partial charge in [0.2, 0.25) is 5.91 Å². The highest BCUT2D eigenvalue weighted by Gasteiger charge is 2.41. The van der Waals surface area contributed by atoms with Gasteiger partial charge in [-0.15, -0.1) is 0 Å². The Bertz CT molecular complexity index is 1110. The molecule has 1 saturated carbocycles. The molecule has 2 atom stereocenters. The Hall–Kier alpha value is -2.70. The third kappa shape index (κ3) is 6.65. The second-order valence-electron chi connectivity index (χ2n) is 10.7. The zero-order valence-electron chi connectivity index (χ0n) is 22.0. The summed E-state index contributed by atoms with van der Waals surface area (Å²) in [4.78, 5) is 28.2. The van der Waals surface area contributed by atoms with Crippen molar-refractivity contribution < 1.29 is 14.4 Å². The number of likely N-dealkylation sites (tertiary alicyclic amines) is 1. The van der Waals surface area contributed by atoms with Gasteiger partial charge in [0.05, 0.1) is 11.6 Å². The summed E-state index contributed by atoms with van der Waals surface area (Å²) >= 11 is 6.16. The Balaban J connectivity index is 1.18. The number of piperidine rings is 1. The molecule has 1 aromatic heterocycles. The molecule has 38 heavy (non-hydrogen) atoms. The zero-order valence-corrected chi connectivity index (χ0v) is 22.7. The number of ether oxygens (including phenoxy) is 1. The largest absolute Gasteiger partial charge is 0.357 e. The van der Waals surface area contributed by atoms with Crippen LogP contribution < -0.4 is 4.90 Å². The summed E-state index contributed by atoms with van der Waals surface area (Å²) in [6.07, 6.45) is 6.92. The molecule has 1 aliphatic carbocycles. The molecule has 5 rings (SSSR count). The van der Waals surface area contributed by atoms with E-state index >= 15 is 0 Å². The van der Waals surface area contributed by atoms with E-state index in [0.717, 1.165) is 56.3 Å². The van der Waals surface area contributed by atoms with Gasteiger partial charge in [0.25, 0.3) is 0 Å². The first-order valence-corrected chi connectivity index (χ1v) is 14.0. The summed E-state index contributed by atoms with van der Waals surface area (Å²) in [5, 5.41) is 11.6. The number of aromatic nitrogens is 1. The molecule has 3 heterocycles. The molecule has 8 nitrogen and oxygen atoms in total. The zero-order chi connectivity index (χ0) is 26.5. The fourth-order valence-electron chi connectivity index (χ4n) is 5.56. The van der Waals surface area contributed by atoms with E-state index in [4.69, 9.17) is 26.4 Å². The van der Waals surface area contributed by atoms with Gasteiger partial charge in [-0.05, 0) is 55.0 Å². The van der Waals surface area contributed by atoms with Crippen molar-refractivity contribution in [3.63, 3.8) is 0 Å². The summed E-state index contributed by atoms with van der Waals surface area (Å²) in [6.45, 7) is 3.76. The highest BCUT2D eigenvalue weighted by Crippen LogP contribution is 2.34. The number of anilines is 1. The number of rotatable bonds is 10. The number of carbonyl (C=O) groups is 1. The Kier molecular flexibility index (Phi) is 8.80. The van der Waals surface area contributed by atoms with Crippen molar-refractivity contribution in [1.29, 1.82) is 5.26 Å². The minimum absolute atomic E-state index is 0.00812. The van der Waals surface area contributed by atoms with Gasteiger partial charge in [0.15, 0.2) is 6.79 Å². The van der Waals surface area contributed by atoms with Crippen LogP contribution in [-0.2, 0) is 14.4 Å². The number of hydroxylamine groups is 2.